The van der Waals surface area contributed by atoms with Crippen molar-refractivity contribution in [2.24, 2.45) is 0 Å². The van der Waals surface area contributed by atoms with Gasteiger partial charge in [-0.15, -0.1) is 11.3 Å². The predicted octanol–water partition coefficient (Wildman–Crippen LogP) is 1.36. The first-order chi connectivity index (χ1) is 5.74. The number of allylic oxidation sites excluding steroid dienone is 1. The van der Waals surface area contributed by atoms with E-state index in [0.29, 0.717) is 4.88 Å². The fourth-order valence-corrected chi connectivity index (χ4v) is 1.41. The zero-order valence-corrected chi connectivity index (χ0v) is 11.0. The van der Waals surface area contributed by atoms with Crippen LogP contribution in [0.5, 0.6) is 0 Å². The second-order valence-electron chi connectivity index (χ2n) is 1.99. The molecule has 0 unspecified atom stereocenters. The Morgan fingerprint density at radius 2 is 2.38 bits per heavy atom. The maximum Gasteiger partial charge on any atom is 0.329 e. The zero-order chi connectivity index (χ0) is 8.97. The molecule has 0 fully saturated rings. The molecule has 0 aliphatic heterocycles. The molecular weight excluding hydrogens is 213 g/mol. The van der Waals surface area contributed by atoms with Crippen molar-refractivity contribution < 1.29 is 9.90 Å². The third-order valence-electron chi connectivity index (χ3n) is 1.17. The van der Waals surface area contributed by atoms with E-state index in [9.17, 15) is 4.79 Å². The van der Waals surface area contributed by atoms with Crippen molar-refractivity contribution in [3.05, 3.63) is 28.5 Å². The van der Waals surface area contributed by atoms with Crippen LogP contribution < -0.4 is 0 Å². The predicted molar refractivity (Wildman–Crippen MR) is 51.3 cm³/mol. The number of carbonyl (C=O) groups is 1. The van der Waals surface area contributed by atoms with Gasteiger partial charge >= 0.3 is 5.97 Å². The third kappa shape index (κ3) is 4.18. The molecule has 0 spiro atoms. The summed E-state index contributed by atoms with van der Waals surface area (Å²) in [5, 5.41) is 18.8. The molecule has 0 saturated heterocycles. The van der Waals surface area contributed by atoms with E-state index in [-0.39, 0.29) is 57.0 Å². The molecule has 3 nitrogen and oxygen atoms in total. The van der Waals surface area contributed by atoms with Gasteiger partial charge in [0.15, 0.2) is 0 Å². The van der Waals surface area contributed by atoms with Crippen molar-refractivity contribution in [1.82, 2.24) is 0 Å². The zero-order valence-electron chi connectivity index (χ0n) is 7.02. The maximum atomic E-state index is 10.2. The minimum atomic E-state index is -1.10. The van der Waals surface area contributed by atoms with Gasteiger partial charge in [0.25, 0.3) is 0 Å². The second kappa shape index (κ2) is 6.48. The smallest absolute Gasteiger partial charge is 0.329 e. The van der Waals surface area contributed by atoms with Crippen LogP contribution in [0.4, 0.5) is 0 Å². The van der Waals surface area contributed by atoms with Gasteiger partial charge in [-0.1, -0.05) is 6.07 Å². The van der Waals surface area contributed by atoms with E-state index in [2.05, 4.69) is 0 Å². The first-order valence-corrected chi connectivity index (χ1v) is 4.00. The number of carboxylic acid groups (broad SMARTS) is 1. The summed E-state index contributed by atoms with van der Waals surface area (Å²) in [6.07, 6.45) is 0.909. The summed E-state index contributed by atoms with van der Waals surface area (Å²) in [4.78, 5) is 10.9. The van der Waals surface area contributed by atoms with Gasteiger partial charge in [0.1, 0.15) is 6.07 Å². The summed E-state index contributed by atoms with van der Waals surface area (Å²) in [5.74, 6) is -1.10. The molecule has 1 heterocycles. The molecule has 0 amide bonds. The van der Waals surface area contributed by atoms with E-state index in [1.165, 1.54) is 11.3 Å². The molecule has 0 aromatic carbocycles. The topological polar surface area (TPSA) is 61.1 Å². The third-order valence-corrected chi connectivity index (χ3v) is 2.08. The molecule has 5 heteroatoms. The van der Waals surface area contributed by atoms with Crippen LogP contribution in [0.25, 0.3) is 5.57 Å². The number of hydrogen-bond donors (Lipinski definition) is 1. The Morgan fingerprint density at radius 3 is 2.77 bits per heavy atom. The van der Waals surface area contributed by atoms with Crippen molar-refractivity contribution in [3.8, 4) is 6.07 Å². The van der Waals surface area contributed by atoms with Crippen molar-refractivity contribution >= 4 is 74.3 Å². The molecule has 1 N–H and O–H groups in total. The summed E-state index contributed by atoms with van der Waals surface area (Å²) in [7, 11) is 0. The summed E-state index contributed by atoms with van der Waals surface area (Å²) >= 11 is 1.34. The molecule has 1 radical (unpaired) electrons. The molecule has 0 saturated carbocycles. The van der Waals surface area contributed by atoms with E-state index in [1.54, 1.807) is 17.5 Å². The van der Waals surface area contributed by atoms with Gasteiger partial charge in [-0.05, 0) is 11.4 Å². The van der Waals surface area contributed by atoms with Crippen LogP contribution >= 0.6 is 11.3 Å². The molecular formula is C8H5KNO2S. The maximum absolute atomic E-state index is 10.2. The minimum absolute atomic E-state index is 0. The van der Waals surface area contributed by atoms with Crippen LogP contribution in [-0.4, -0.2) is 62.5 Å². The van der Waals surface area contributed by atoms with Crippen LogP contribution in [0.15, 0.2) is 23.6 Å². The normalized spacial score (nSPS) is 9.92. The van der Waals surface area contributed by atoms with Crippen LogP contribution in [0, 0.1) is 11.3 Å². The van der Waals surface area contributed by atoms with Crippen molar-refractivity contribution in [2.45, 2.75) is 0 Å². The minimum Gasteiger partial charge on any atom is -0.478 e. The van der Waals surface area contributed by atoms with Gasteiger partial charge in [0.05, 0.1) is 5.57 Å². The molecule has 1 rings (SSSR count). The Morgan fingerprint density at radius 1 is 1.69 bits per heavy atom. The Kier molecular flexibility index (Phi) is 6.50. The van der Waals surface area contributed by atoms with Crippen molar-refractivity contribution in [2.75, 3.05) is 0 Å². The SMILES string of the molecule is N#C/C(=C/C(=O)O)c1cccs1.[K]. The molecule has 1 aromatic rings. The standard InChI is InChI=1S/C8H5NO2S.K/c9-5-6(4-8(10)11)7-2-1-3-12-7;/h1-4H,(H,10,11);/b6-4-;. The molecule has 61 valence electrons. The van der Waals surface area contributed by atoms with Gasteiger partial charge in [-0.3, -0.25) is 0 Å². The number of thiophene rings is 1. The van der Waals surface area contributed by atoms with E-state index in [4.69, 9.17) is 10.4 Å². The monoisotopic (exact) mass is 218 g/mol. The first kappa shape index (κ1) is 13.0. The van der Waals surface area contributed by atoms with Crippen molar-refractivity contribution in [3.63, 3.8) is 0 Å². The average Bonchev–Trinajstić information content (AvgIpc) is 2.51. The Hall–Kier alpha value is 0.0364. The number of rotatable bonds is 2. The van der Waals surface area contributed by atoms with Gasteiger partial charge in [-0.25, -0.2) is 4.79 Å². The first-order valence-electron chi connectivity index (χ1n) is 3.12. The van der Waals surface area contributed by atoms with Gasteiger partial charge < -0.3 is 5.11 Å². The molecule has 0 bridgehead atoms. The number of nitrogens with zero attached hydrogens (tertiary/aromatic N) is 1. The summed E-state index contributed by atoms with van der Waals surface area (Å²) in [6, 6.07) is 5.31. The quantitative estimate of drug-likeness (QED) is 0.463. The van der Waals surface area contributed by atoms with Crippen LogP contribution in [0.3, 0.4) is 0 Å². The van der Waals surface area contributed by atoms with E-state index in [0.717, 1.165) is 6.08 Å². The summed E-state index contributed by atoms with van der Waals surface area (Å²) in [5.41, 5.74) is 0.192. The van der Waals surface area contributed by atoms with E-state index < -0.39 is 5.97 Å². The fraction of sp³-hybridized carbons (Fsp3) is 0. The molecule has 0 aliphatic rings. The second-order valence-corrected chi connectivity index (χ2v) is 2.93. The molecule has 1 aromatic heterocycles. The molecule has 0 aliphatic carbocycles. The molecule has 13 heavy (non-hydrogen) atoms. The van der Waals surface area contributed by atoms with E-state index in [1.807, 2.05) is 6.07 Å². The van der Waals surface area contributed by atoms with E-state index >= 15 is 0 Å². The number of nitriles is 1. The number of aliphatic carboxylic acids is 1. The Balaban J connectivity index is 0.00000144. The molecule has 0 atom stereocenters. The van der Waals surface area contributed by atoms with Crippen molar-refractivity contribution in [1.29, 1.82) is 5.26 Å². The summed E-state index contributed by atoms with van der Waals surface area (Å²) in [6.45, 7) is 0. The van der Waals surface area contributed by atoms with Crippen LogP contribution in [0.2, 0.25) is 0 Å². The van der Waals surface area contributed by atoms with Gasteiger partial charge in [-0.2, -0.15) is 5.26 Å². The Labute approximate surface area is 122 Å². The average molecular weight is 218 g/mol. The summed E-state index contributed by atoms with van der Waals surface area (Å²) < 4.78 is 0. The van der Waals surface area contributed by atoms with Crippen LogP contribution in [-0.2, 0) is 4.79 Å². The number of carboxylic acids is 1. The fourth-order valence-electron chi connectivity index (χ4n) is 0.714. The van der Waals surface area contributed by atoms with Crippen LogP contribution in [0.1, 0.15) is 4.88 Å². The largest absolute Gasteiger partial charge is 0.478 e. The van der Waals surface area contributed by atoms with Gasteiger partial charge in [0, 0.05) is 62.3 Å². The number of hydrogen-bond acceptors (Lipinski definition) is 3. The Bertz CT molecular complexity index is 351. The van der Waals surface area contributed by atoms with Gasteiger partial charge in [0.2, 0.25) is 0 Å².